The third kappa shape index (κ3) is 3.55. The minimum absolute atomic E-state index is 0.0177. The molecule has 1 aromatic heterocycles. The Morgan fingerprint density at radius 3 is 2.76 bits per heavy atom. The van der Waals surface area contributed by atoms with Crippen molar-refractivity contribution >= 4 is 45.0 Å². The quantitative estimate of drug-likeness (QED) is 0.325. The first kappa shape index (κ1) is 19.3. The Balaban J connectivity index is 1.31. The van der Waals surface area contributed by atoms with Crippen LogP contribution in [0.25, 0.3) is 10.1 Å². The van der Waals surface area contributed by atoms with Gasteiger partial charge in [-0.2, -0.15) is 0 Å². The Labute approximate surface area is 170 Å². The Bertz CT molecular complexity index is 1010. The van der Waals surface area contributed by atoms with Gasteiger partial charge in [-0.1, -0.05) is 12.8 Å². The number of nitrogens with one attached hydrogen (secondary N) is 2. The summed E-state index contributed by atoms with van der Waals surface area (Å²) in [7, 11) is 0. The number of fused-ring (bicyclic) bond motifs is 1. The topological polar surface area (TPSA) is 122 Å². The van der Waals surface area contributed by atoms with E-state index >= 15 is 0 Å². The number of carbonyl (C=O) groups is 3. The molecule has 9 nitrogen and oxygen atoms in total. The molecular weight excluding hydrogens is 396 g/mol. The van der Waals surface area contributed by atoms with Gasteiger partial charge in [0.05, 0.1) is 9.80 Å². The van der Waals surface area contributed by atoms with Crippen molar-refractivity contribution in [3.05, 3.63) is 39.3 Å². The van der Waals surface area contributed by atoms with E-state index in [1.807, 2.05) is 0 Å². The van der Waals surface area contributed by atoms with Crippen molar-refractivity contribution in [2.75, 3.05) is 13.1 Å². The average Bonchev–Trinajstić information content (AvgIpc) is 3.38. The molecule has 10 heteroatoms. The molecule has 4 rings (SSSR count). The summed E-state index contributed by atoms with van der Waals surface area (Å²) in [4.78, 5) is 49.2. The molecule has 4 amide bonds. The number of rotatable bonds is 6. The third-order valence-corrected chi connectivity index (χ3v) is 6.60. The summed E-state index contributed by atoms with van der Waals surface area (Å²) in [6, 6.07) is 5.76. The molecule has 2 N–H and O–H groups in total. The van der Waals surface area contributed by atoms with Gasteiger partial charge in [0.2, 0.25) is 0 Å². The van der Waals surface area contributed by atoms with Crippen molar-refractivity contribution in [2.24, 2.45) is 0 Å². The molecular formula is C19H20N4O5S. The van der Waals surface area contributed by atoms with Crippen LogP contribution in [-0.4, -0.2) is 46.3 Å². The largest absolute Gasteiger partial charge is 0.351 e. The van der Waals surface area contributed by atoms with Crippen LogP contribution >= 0.6 is 11.3 Å². The summed E-state index contributed by atoms with van der Waals surface area (Å²) >= 11 is 1.26. The molecule has 1 saturated carbocycles. The van der Waals surface area contributed by atoms with Gasteiger partial charge >= 0.3 is 6.03 Å². The van der Waals surface area contributed by atoms with Crippen LogP contribution in [0.2, 0.25) is 0 Å². The zero-order valence-corrected chi connectivity index (χ0v) is 16.4. The summed E-state index contributed by atoms with van der Waals surface area (Å²) in [5.74, 6) is -0.434. The molecule has 0 bridgehead atoms. The van der Waals surface area contributed by atoms with Crippen LogP contribution < -0.4 is 10.6 Å². The highest BCUT2D eigenvalue weighted by Crippen LogP contribution is 2.35. The van der Waals surface area contributed by atoms with Crippen LogP contribution in [0, 0.1) is 10.1 Å². The van der Waals surface area contributed by atoms with Crippen molar-refractivity contribution in [1.29, 1.82) is 0 Å². The van der Waals surface area contributed by atoms with Gasteiger partial charge in [-0.25, -0.2) is 4.79 Å². The van der Waals surface area contributed by atoms with Crippen LogP contribution in [0.3, 0.4) is 0 Å². The number of nitro groups is 1. The number of nitrogens with zero attached hydrogens (tertiary/aromatic N) is 2. The Hall–Kier alpha value is -3.01. The van der Waals surface area contributed by atoms with Gasteiger partial charge in [0, 0.05) is 35.3 Å². The highest BCUT2D eigenvalue weighted by Gasteiger charge is 2.51. The minimum Gasteiger partial charge on any atom is -0.351 e. The minimum atomic E-state index is -0.708. The first-order valence-corrected chi connectivity index (χ1v) is 10.3. The number of amides is 4. The summed E-state index contributed by atoms with van der Waals surface area (Å²) in [5, 5.41) is 17.1. The van der Waals surface area contributed by atoms with E-state index in [0.717, 1.165) is 17.5 Å². The molecule has 2 heterocycles. The number of benzene rings is 1. The molecule has 0 atom stereocenters. The predicted molar refractivity (Wildman–Crippen MR) is 107 cm³/mol. The van der Waals surface area contributed by atoms with Gasteiger partial charge in [-0.15, -0.1) is 11.3 Å². The van der Waals surface area contributed by atoms with Crippen LogP contribution in [0.4, 0.5) is 10.5 Å². The smallest absolute Gasteiger partial charge is 0.325 e. The van der Waals surface area contributed by atoms with E-state index in [9.17, 15) is 24.5 Å². The third-order valence-electron chi connectivity index (χ3n) is 5.48. The number of carbonyl (C=O) groups excluding carboxylic acids is 3. The van der Waals surface area contributed by atoms with E-state index < -0.39 is 10.5 Å². The molecule has 0 unspecified atom stereocenters. The molecule has 0 radical (unpaired) electrons. The number of urea groups is 1. The number of imide groups is 1. The Kier molecular flexibility index (Phi) is 4.95. The van der Waals surface area contributed by atoms with Crippen molar-refractivity contribution in [1.82, 2.24) is 15.5 Å². The fourth-order valence-electron chi connectivity index (χ4n) is 3.98. The summed E-state index contributed by atoms with van der Waals surface area (Å²) in [5.41, 5.74) is -0.726. The van der Waals surface area contributed by atoms with Gasteiger partial charge in [0.25, 0.3) is 17.5 Å². The van der Waals surface area contributed by atoms with Crippen molar-refractivity contribution in [3.63, 3.8) is 0 Å². The van der Waals surface area contributed by atoms with E-state index in [4.69, 9.17) is 0 Å². The molecule has 2 fully saturated rings. The van der Waals surface area contributed by atoms with Gasteiger partial charge < -0.3 is 10.6 Å². The lowest BCUT2D eigenvalue weighted by atomic mass is 9.98. The molecule has 2 aliphatic rings. The SMILES string of the molecule is O=C(NCCCN1C(=O)NC2(CCCC2)C1=O)c1cc2cc([N+](=O)[O-])ccc2s1. The Morgan fingerprint density at radius 2 is 2.03 bits per heavy atom. The number of hydrogen-bond acceptors (Lipinski definition) is 6. The lowest BCUT2D eigenvalue weighted by molar-refractivity contribution is -0.384. The van der Waals surface area contributed by atoms with E-state index in [0.29, 0.717) is 36.1 Å². The molecule has 1 aliphatic carbocycles. The maximum atomic E-state index is 12.6. The first-order chi connectivity index (χ1) is 13.9. The fraction of sp³-hybridized carbons (Fsp3) is 0.421. The van der Waals surface area contributed by atoms with Crippen LogP contribution in [0.15, 0.2) is 24.3 Å². The van der Waals surface area contributed by atoms with Crippen molar-refractivity contribution in [2.45, 2.75) is 37.6 Å². The highest BCUT2D eigenvalue weighted by atomic mass is 32.1. The van der Waals surface area contributed by atoms with Crippen LogP contribution in [0.1, 0.15) is 41.8 Å². The van der Waals surface area contributed by atoms with Gasteiger partial charge in [-0.3, -0.25) is 24.6 Å². The van der Waals surface area contributed by atoms with Gasteiger partial charge in [0.1, 0.15) is 5.54 Å². The second-order valence-electron chi connectivity index (χ2n) is 7.38. The lowest BCUT2D eigenvalue weighted by Gasteiger charge is -2.20. The van der Waals surface area contributed by atoms with Gasteiger partial charge in [0.15, 0.2) is 0 Å². The average molecular weight is 416 g/mol. The molecule has 2 aromatic rings. The number of hydrogen-bond donors (Lipinski definition) is 2. The van der Waals surface area contributed by atoms with Gasteiger partial charge in [-0.05, 0) is 31.4 Å². The molecule has 152 valence electrons. The predicted octanol–water partition coefficient (Wildman–Crippen LogP) is 2.79. The second-order valence-corrected chi connectivity index (χ2v) is 8.46. The normalized spacial score (nSPS) is 17.9. The van der Waals surface area contributed by atoms with Crippen molar-refractivity contribution in [3.8, 4) is 0 Å². The highest BCUT2D eigenvalue weighted by molar-refractivity contribution is 7.20. The monoisotopic (exact) mass is 416 g/mol. The second kappa shape index (κ2) is 7.43. The molecule has 1 saturated heterocycles. The standard InChI is InChI=1S/C19H20N4O5S/c24-16(15-11-12-10-13(23(27)28)4-5-14(12)29-15)20-8-3-9-22-17(25)19(21-18(22)26)6-1-2-7-19/h4-5,10-11H,1-3,6-9H2,(H,20,24)(H,21,26). The maximum absolute atomic E-state index is 12.6. The number of thiophene rings is 1. The zero-order valence-electron chi connectivity index (χ0n) is 15.6. The number of nitro benzene ring substituents is 1. The lowest BCUT2D eigenvalue weighted by Crippen LogP contribution is -2.44. The molecule has 1 aliphatic heterocycles. The van der Waals surface area contributed by atoms with E-state index in [1.165, 1.54) is 28.4 Å². The summed E-state index contributed by atoms with van der Waals surface area (Å²) in [6.07, 6.45) is 3.71. The van der Waals surface area contributed by atoms with Crippen LogP contribution in [-0.2, 0) is 4.79 Å². The summed E-state index contributed by atoms with van der Waals surface area (Å²) in [6.45, 7) is 0.572. The Morgan fingerprint density at radius 1 is 1.28 bits per heavy atom. The summed E-state index contributed by atoms with van der Waals surface area (Å²) < 4.78 is 0.793. The van der Waals surface area contributed by atoms with Crippen molar-refractivity contribution < 1.29 is 19.3 Å². The molecule has 1 spiro atoms. The first-order valence-electron chi connectivity index (χ1n) is 9.50. The van der Waals surface area contributed by atoms with E-state index in [1.54, 1.807) is 12.1 Å². The molecule has 1 aromatic carbocycles. The zero-order chi connectivity index (χ0) is 20.6. The van der Waals surface area contributed by atoms with Crippen LogP contribution in [0.5, 0.6) is 0 Å². The van der Waals surface area contributed by atoms with E-state index in [-0.39, 0.29) is 30.1 Å². The van der Waals surface area contributed by atoms with E-state index in [2.05, 4.69) is 10.6 Å². The maximum Gasteiger partial charge on any atom is 0.325 e. The number of non-ortho nitro benzene ring substituents is 1. The fourth-order valence-corrected chi connectivity index (χ4v) is 4.94. The molecule has 29 heavy (non-hydrogen) atoms.